The molecule has 7 heteroatoms. The quantitative estimate of drug-likeness (QED) is 0.310. The van der Waals surface area contributed by atoms with Crippen molar-refractivity contribution in [1.82, 2.24) is 4.98 Å². The maximum atomic E-state index is 12.8. The normalized spacial score (nSPS) is 14.0. The zero-order valence-electron chi connectivity index (χ0n) is 16.3. The first-order chi connectivity index (χ1) is 14.9. The number of nitrogens with zero attached hydrogens (tertiary/aromatic N) is 1. The second kappa shape index (κ2) is 7.86. The fourth-order valence-electron chi connectivity index (χ4n) is 3.82. The molecule has 2 N–H and O–H groups in total. The number of nitrogen functional groups attached to an aromatic ring is 1. The first-order valence-corrected chi connectivity index (χ1v) is 11.0. The highest BCUT2D eigenvalue weighted by Crippen LogP contribution is 2.41. The summed E-state index contributed by atoms with van der Waals surface area (Å²) < 4.78 is 5.88. The van der Waals surface area contributed by atoms with Gasteiger partial charge in [0.2, 0.25) is 11.5 Å². The molecule has 0 aliphatic heterocycles. The summed E-state index contributed by atoms with van der Waals surface area (Å²) in [6.07, 6.45) is 2.78. The minimum atomic E-state index is -0.0548. The summed E-state index contributed by atoms with van der Waals surface area (Å²) in [5.41, 5.74) is 9.95. The number of hydrogen-bond acceptors (Lipinski definition) is 4. The van der Waals surface area contributed by atoms with Crippen LogP contribution in [-0.4, -0.2) is 10.8 Å². The molecule has 0 amide bonds. The second-order valence-electron chi connectivity index (χ2n) is 7.71. The van der Waals surface area contributed by atoms with Gasteiger partial charge in [0.25, 0.3) is 0 Å². The molecule has 0 atom stereocenters. The predicted molar refractivity (Wildman–Crippen MR) is 126 cm³/mol. The topological polar surface area (TPSA) is 69.1 Å². The van der Waals surface area contributed by atoms with Gasteiger partial charge in [-0.25, -0.2) is 4.98 Å². The van der Waals surface area contributed by atoms with Gasteiger partial charge in [0, 0.05) is 27.1 Å². The van der Waals surface area contributed by atoms with Crippen molar-refractivity contribution < 1.29 is 9.21 Å². The molecule has 2 heterocycles. The first-order valence-electron chi connectivity index (χ1n) is 9.91. The number of rotatable bonds is 4. The number of aromatic nitrogens is 1. The average molecular weight is 472 g/mol. The van der Waals surface area contributed by atoms with Crippen molar-refractivity contribution in [3.63, 3.8) is 0 Å². The minimum Gasteiger partial charge on any atom is -0.432 e. The van der Waals surface area contributed by atoms with Gasteiger partial charge >= 0.3 is 0 Å². The van der Waals surface area contributed by atoms with Crippen LogP contribution in [0.4, 0.5) is 5.69 Å². The predicted octanol–water partition coefficient (Wildman–Crippen LogP) is 7.69. The van der Waals surface area contributed by atoms with Crippen LogP contribution < -0.4 is 5.73 Å². The van der Waals surface area contributed by atoms with E-state index in [2.05, 4.69) is 0 Å². The van der Waals surface area contributed by atoms with E-state index in [9.17, 15) is 4.79 Å². The van der Waals surface area contributed by atoms with E-state index in [1.54, 1.807) is 24.3 Å². The minimum absolute atomic E-state index is 0.0243. The van der Waals surface area contributed by atoms with Gasteiger partial charge in [0.1, 0.15) is 0 Å². The molecular formula is C24H17Cl3N2O2. The number of halogens is 3. The number of pyridine rings is 1. The SMILES string of the molecule is Nc1c(C(=O)C2CCC2)oc2nc(-c3ccc(Cl)cc3Cl)c(-c3ccc(Cl)cc3)cc12. The van der Waals surface area contributed by atoms with Gasteiger partial charge in [-0.15, -0.1) is 0 Å². The molecule has 1 aliphatic rings. The molecule has 1 fully saturated rings. The number of furan rings is 1. The van der Waals surface area contributed by atoms with Gasteiger partial charge in [-0.3, -0.25) is 4.79 Å². The highest BCUT2D eigenvalue weighted by Gasteiger charge is 2.31. The van der Waals surface area contributed by atoms with Crippen molar-refractivity contribution in [3.8, 4) is 22.4 Å². The van der Waals surface area contributed by atoms with Gasteiger partial charge in [-0.1, -0.05) is 53.4 Å². The van der Waals surface area contributed by atoms with Crippen LogP contribution in [0.25, 0.3) is 33.5 Å². The van der Waals surface area contributed by atoms with Crippen molar-refractivity contribution in [2.45, 2.75) is 19.3 Å². The fraction of sp³-hybridized carbons (Fsp3) is 0.167. The van der Waals surface area contributed by atoms with Crippen molar-refractivity contribution >= 4 is 57.4 Å². The summed E-state index contributed by atoms with van der Waals surface area (Å²) in [5, 5.41) is 2.21. The van der Waals surface area contributed by atoms with Gasteiger partial charge in [0.15, 0.2) is 5.76 Å². The zero-order chi connectivity index (χ0) is 21.7. The molecule has 0 bridgehead atoms. The van der Waals surface area contributed by atoms with E-state index in [1.807, 2.05) is 24.3 Å². The summed E-state index contributed by atoms with van der Waals surface area (Å²) in [7, 11) is 0. The molecular weight excluding hydrogens is 455 g/mol. The molecule has 5 rings (SSSR count). The van der Waals surface area contributed by atoms with Gasteiger partial charge in [0.05, 0.1) is 21.8 Å². The standard InChI is InChI=1S/C24H17Cl3N2O2/c25-14-6-4-12(5-7-14)17-11-18-20(28)23(22(30)13-2-1-3-13)31-24(18)29-21(17)16-9-8-15(26)10-19(16)27/h4-11,13H,1-3,28H2. The molecule has 156 valence electrons. The Balaban J connectivity index is 1.75. The number of carbonyl (C=O) groups excluding carboxylic acids is 1. The largest absolute Gasteiger partial charge is 0.432 e. The number of hydrogen-bond donors (Lipinski definition) is 1. The number of anilines is 1. The Morgan fingerprint density at radius 3 is 2.32 bits per heavy atom. The summed E-state index contributed by atoms with van der Waals surface area (Å²) >= 11 is 18.7. The highest BCUT2D eigenvalue weighted by molar-refractivity contribution is 6.36. The summed E-state index contributed by atoms with van der Waals surface area (Å²) in [6.45, 7) is 0. The molecule has 0 saturated heterocycles. The molecule has 0 spiro atoms. The molecule has 0 unspecified atom stereocenters. The molecule has 0 radical (unpaired) electrons. The third-order valence-corrected chi connectivity index (χ3v) is 6.56. The zero-order valence-corrected chi connectivity index (χ0v) is 18.6. The molecule has 1 saturated carbocycles. The van der Waals surface area contributed by atoms with Crippen molar-refractivity contribution in [3.05, 3.63) is 69.4 Å². The van der Waals surface area contributed by atoms with Gasteiger partial charge in [-0.2, -0.15) is 0 Å². The van der Waals surface area contributed by atoms with Crippen LogP contribution in [0.1, 0.15) is 29.8 Å². The van der Waals surface area contributed by atoms with Gasteiger partial charge in [-0.05, 0) is 54.8 Å². The van der Waals surface area contributed by atoms with E-state index in [4.69, 9.17) is 49.9 Å². The van der Waals surface area contributed by atoms with E-state index in [-0.39, 0.29) is 17.5 Å². The Morgan fingerprint density at radius 2 is 1.68 bits per heavy atom. The van der Waals surface area contributed by atoms with Crippen LogP contribution in [0.2, 0.25) is 15.1 Å². The second-order valence-corrected chi connectivity index (χ2v) is 8.99. The van der Waals surface area contributed by atoms with Crippen LogP contribution in [0.3, 0.4) is 0 Å². The van der Waals surface area contributed by atoms with Crippen LogP contribution in [-0.2, 0) is 0 Å². The first kappa shape index (κ1) is 20.4. The number of nitrogens with two attached hydrogens (primary N) is 1. The lowest BCUT2D eigenvalue weighted by atomic mass is 9.81. The van der Waals surface area contributed by atoms with Gasteiger partial charge < -0.3 is 10.2 Å². The monoisotopic (exact) mass is 470 g/mol. The lowest BCUT2D eigenvalue weighted by Gasteiger charge is -2.22. The van der Waals surface area contributed by atoms with E-state index < -0.39 is 0 Å². The fourth-order valence-corrected chi connectivity index (χ4v) is 4.44. The van der Waals surface area contributed by atoms with E-state index >= 15 is 0 Å². The number of carbonyl (C=O) groups is 1. The maximum Gasteiger partial charge on any atom is 0.229 e. The molecule has 4 aromatic rings. The average Bonchev–Trinajstić information content (AvgIpc) is 3.02. The molecule has 2 aromatic heterocycles. The number of benzene rings is 2. The van der Waals surface area contributed by atoms with Crippen LogP contribution in [0.15, 0.2) is 52.9 Å². The van der Waals surface area contributed by atoms with Crippen LogP contribution in [0, 0.1) is 5.92 Å². The van der Waals surface area contributed by atoms with E-state index in [1.165, 1.54) is 0 Å². The molecule has 31 heavy (non-hydrogen) atoms. The number of fused-ring (bicyclic) bond motifs is 1. The van der Waals surface area contributed by atoms with Crippen molar-refractivity contribution in [2.75, 3.05) is 5.73 Å². The lowest BCUT2D eigenvalue weighted by molar-refractivity contribution is 0.0829. The summed E-state index contributed by atoms with van der Waals surface area (Å²) in [6, 6.07) is 14.5. The molecule has 2 aromatic carbocycles. The lowest BCUT2D eigenvalue weighted by Crippen LogP contribution is -2.22. The Morgan fingerprint density at radius 1 is 0.968 bits per heavy atom. The third-order valence-electron chi connectivity index (χ3n) is 5.76. The van der Waals surface area contributed by atoms with Crippen LogP contribution >= 0.6 is 34.8 Å². The summed E-state index contributed by atoms with van der Waals surface area (Å²) in [4.78, 5) is 17.5. The molecule has 4 nitrogen and oxygen atoms in total. The maximum absolute atomic E-state index is 12.8. The number of Topliss-reactive ketones (excluding diaryl/α,β-unsaturated/α-hetero) is 1. The Bertz CT molecular complexity index is 1330. The van der Waals surface area contributed by atoms with E-state index in [0.717, 1.165) is 30.4 Å². The smallest absolute Gasteiger partial charge is 0.229 e. The third kappa shape index (κ3) is 3.59. The Labute approximate surface area is 193 Å². The summed E-state index contributed by atoms with van der Waals surface area (Å²) in [5.74, 6) is 0.109. The van der Waals surface area contributed by atoms with E-state index in [0.29, 0.717) is 43.1 Å². The molecule has 1 aliphatic carbocycles. The van der Waals surface area contributed by atoms with Crippen molar-refractivity contribution in [1.29, 1.82) is 0 Å². The van der Waals surface area contributed by atoms with Crippen LogP contribution in [0.5, 0.6) is 0 Å². The Hall–Kier alpha value is -2.53. The Kier molecular flexibility index (Phi) is 5.17. The van der Waals surface area contributed by atoms with Crippen molar-refractivity contribution in [2.24, 2.45) is 5.92 Å². The number of ketones is 1. The highest BCUT2D eigenvalue weighted by atomic mass is 35.5.